The van der Waals surface area contributed by atoms with Crippen molar-refractivity contribution in [3.8, 4) is 11.9 Å². The molecule has 0 aromatic carbocycles. The minimum Gasteiger partial charge on any atom is -0.477 e. The van der Waals surface area contributed by atoms with Crippen LogP contribution in [-0.4, -0.2) is 53.7 Å². The number of likely N-dealkylation sites (tertiary alicyclic amines) is 1. The Morgan fingerprint density at radius 3 is 3.08 bits per heavy atom. The molecule has 2 aromatic heterocycles. The van der Waals surface area contributed by atoms with Gasteiger partial charge in [-0.3, -0.25) is 9.78 Å². The molecule has 0 saturated carbocycles. The highest BCUT2D eigenvalue weighted by Gasteiger charge is 2.52. The van der Waals surface area contributed by atoms with Gasteiger partial charge in [-0.1, -0.05) is 0 Å². The molecule has 2 atom stereocenters. The maximum absolute atomic E-state index is 12.7. The van der Waals surface area contributed by atoms with E-state index in [1.54, 1.807) is 36.7 Å². The lowest BCUT2D eigenvalue weighted by Crippen LogP contribution is -2.38. The number of nitriles is 1. The number of fused-ring (bicyclic) bond motifs is 1. The molecule has 7 heteroatoms. The van der Waals surface area contributed by atoms with Gasteiger partial charge in [0.1, 0.15) is 6.07 Å². The number of pyridine rings is 2. The molecular weight excluding hydrogens is 332 g/mol. The van der Waals surface area contributed by atoms with Crippen LogP contribution < -0.4 is 4.74 Å². The summed E-state index contributed by atoms with van der Waals surface area (Å²) in [5, 5.41) is 8.84. The van der Waals surface area contributed by atoms with Crippen LogP contribution >= 0.6 is 0 Å². The first kappa shape index (κ1) is 16.5. The minimum atomic E-state index is -0.229. The predicted molar refractivity (Wildman–Crippen MR) is 91.3 cm³/mol. The van der Waals surface area contributed by atoms with Crippen molar-refractivity contribution in [3.63, 3.8) is 0 Å². The SMILES string of the molecule is N#Cc1ccc(OC[C@]23COC[C@H]2CN(C(=O)c2cccnc2)C3)nc1. The summed E-state index contributed by atoms with van der Waals surface area (Å²) < 4.78 is 11.6. The van der Waals surface area contributed by atoms with Crippen LogP contribution in [0.15, 0.2) is 42.9 Å². The van der Waals surface area contributed by atoms with E-state index in [1.165, 1.54) is 6.20 Å². The number of carbonyl (C=O) groups is 1. The Bertz CT molecular complexity index is 834. The van der Waals surface area contributed by atoms with Crippen LogP contribution in [0, 0.1) is 22.7 Å². The fraction of sp³-hybridized carbons (Fsp3) is 0.368. The molecule has 1 amide bonds. The third-order valence-corrected chi connectivity index (χ3v) is 5.09. The predicted octanol–water partition coefficient (Wildman–Crippen LogP) is 1.52. The Hall–Kier alpha value is -2.98. The topological polar surface area (TPSA) is 88.3 Å². The van der Waals surface area contributed by atoms with Crippen LogP contribution in [-0.2, 0) is 4.74 Å². The average molecular weight is 350 g/mol. The van der Waals surface area contributed by atoms with Crippen LogP contribution in [0.25, 0.3) is 0 Å². The number of nitrogens with zero attached hydrogens (tertiary/aromatic N) is 4. The molecule has 2 aromatic rings. The Labute approximate surface area is 151 Å². The van der Waals surface area contributed by atoms with E-state index in [-0.39, 0.29) is 17.2 Å². The molecule has 2 saturated heterocycles. The van der Waals surface area contributed by atoms with Gasteiger partial charge >= 0.3 is 0 Å². The highest BCUT2D eigenvalue weighted by Crippen LogP contribution is 2.42. The highest BCUT2D eigenvalue weighted by molar-refractivity contribution is 5.94. The lowest BCUT2D eigenvalue weighted by atomic mass is 9.82. The molecule has 2 aliphatic rings. The van der Waals surface area contributed by atoms with Crippen molar-refractivity contribution in [1.29, 1.82) is 5.26 Å². The lowest BCUT2D eigenvalue weighted by Gasteiger charge is -2.26. The Morgan fingerprint density at radius 1 is 1.42 bits per heavy atom. The molecule has 0 aliphatic carbocycles. The number of carbonyl (C=O) groups excluding carboxylic acids is 1. The summed E-state index contributed by atoms with van der Waals surface area (Å²) >= 11 is 0. The van der Waals surface area contributed by atoms with Crippen LogP contribution in [0.3, 0.4) is 0 Å². The van der Waals surface area contributed by atoms with Gasteiger partial charge in [0.2, 0.25) is 5.88 Å². The molecule has 2 fully saturated rings. The number of aromatic nitrogens is 2. The number of amides is 1. The largest absolute Gasteiger partial charge is 0.477 e. The molecule has 0 unspecified atom stereocenters. The van der Waals surface area contributed by atoms with E-state index in [0.717, 1.165) is 0 Å². The van der Waals surface area contributed by atoms with E-state index >= 15 is 0 Å². The van der Waals surface area contributed by atoms with E-state index < -0.39 is 0 Å². The van der Waals surface area contributed by atoms with Gasteiger partial charge in [0.15, 0.2) is 0 Å². The van der Waals surface area contributed by atoms with Gasteiger partial charge in [-0.05, 0) is 18.2 Å². The Kier molecular flexibility index (Phi) is 4.27. The smallest absolute Gasteiger partial charge is 0.255 e. The van der Waals surface area contributed by atoms with E-state index in [9.17, 15) is 4.79 Å². The summed E-state index contributed by atoms with van der Waals surface area (Å²) in [6, 6.07) is 8.95. The van der Waals surface area contributed by atoms with Gasteiger partial charge < -0.3 is 14.4 Å². The van der Waals surface area contributed by atoms with Gasteiger partial charge in [-0.15, -0.1) is 0 Å². The Balaban J connectivity index is 1.46. The van der Waals surface area contributed by atoms with Crippen molar-refractivity contribution in [1.82, 2.24) is 14.9 Å². The van der Waals surface area contributed by atoms with Crippen LogP contribution in [0.5, 0.6) is 5.88 Å². The fourth-order valence-electron chi connectivity index (χ4n) is 3.61. The average Bonchev–Trinajstić information content (AvgIpc) is 3.24. The van der Waals surface area contributed by atoms with Gasteiger partial charge in [-0.25, -0.2) is 4.98 Å². The standard InChI is InChI=1S/C19H18N4O3/c20-6-14-3-4-17(22-7-14)26-13-19-11-23(9-16(19)10-25-12-19)18(24)15-2-1-5-21-8-15/h1-5,7-8,16H,9-13H2/t16-,19+/m1/s1. The number of rotatable bonds is 4. The third kappa shape index (κ3) is 3.00. The number of ether oxygens (including phenoxy) is 2. The summed E-state index contributed by atoms with van der Waals surface area (Å²) in [5.41, 5.74) is 0.859. The molecule has 0 spiro atoms. The zero-order valence-electron chi connectivity index (χ0n) is 14.2. The van der Waals surface area contributed by atoms with Crippen molar-refractivity contribution >= 4 is 5.91 Å². The fourth-order valence-corrected chi connectivity index (χ4v) is 3.61. The Morgan fingerprint density at radius 2 is 2.35 bits per heavy atom. The van der Waals surface area contributed by atoms with Crippen LogP contribution in [0.2, 0.25) is 0 Å². The third-order valence-electron chi connectivity index (χ3n) is 5.09. The second-order valence-corrected chi connectivity index (χ2v) is 6.79. The second-order valence-electron chi connectivity index (χ2n) is 6.79. The maximum Gasteiger partial charge on any atom is 0.255 e. The maximum atomic E-state index is 12.7. The quantitative estimate of drug-likeness (QED) is 0.831. The summed E-state index contributed by atoms with van der Waals surface area (Å²) in [7, 11) is 0. The molecule has 4 heterocycles. The van der Waals surface area contributed by atoms with Gasteiger partial charge in [0, 0.05) is 43.7 Å². The van der Waals surface area contributed by atoms with E-state index in [1.807, 2.05) is 11.0 Å². The number of hydrogen-bond donors (Lipinski definition) is 0. The molecule has 2 aliphatic heterocycles. The van der Waals surface area contributed by atoms with E-state index in [0.29, 0.717) is 49.9 Å². The van der Waals surface area contributed by atoms with Crippen molar-refractivity contribution in [2.45, 2.75) is 0 Å². The lowest BCUT2D eigenvalue weighted by molar-refractivity contribution is 0.0655. The van der Waals surface area contributed by atoms with Gasteiger partial charge in [0.05, 0.1) is 36.4 Å². The molecule has 132 valence electrons. The minimum absolute atomic E-state index is 0.0108. The van der Waals surface area contributed by atoms with Crippen molar-refractivity contribution in [2.24, 2.45) is 11.3 Å². The normalized spacial score (nSPS) is 24.1. The molecule has 26 heavy (non-hydrogen) atoms. The molecule has 4 rings (SSSR count). The summed E-state index contributed by atoms with van der Waals surface area (Å²) in [6.07, 6.45) is 4.74. The molecule has 7 nitrogen and oxygen atoms in total. The zero-order chi connectivity index (χ0) is 18.0. The zero-order valence-corrected chi connectivity index (χ0v) is 14.2. The summed E-state index contributed by atoms with van der Waals surface area (Å²) in [6.45, 7) is 2.85. The molecule has 0 N–H and O–H groups in total. The van der Waals surface area contributed by atoms with Crippen molar-refractivity contribution in [3.05, 3.63) is 54.0 Å². The van der Waals surface area contributed by atoms with E-state index in [2.05, 4.69) is 9.97 Å². The van der Waals surface area contributed by atoms with Crippen molar-refractivity contribution in [2.75, 3.05) is 32.9 Å². The molecule has 0 bridgehead atoms. The first-order valence-electron chi connectivity index (χ1n) is 8.46. The van der Waals surface area contributed by atoms with Gasteiger partial charge in [0.25, 0.3) is 5.91 Å². The van der Waals surface area contributed by atoms with Crippen LogP contribution in [0.1, 0.15) is 15.9 Å². The van der Waals surface area contributed by atoms with Crippen molar-refractivity contribution < 1.29 is 14.3 Å². The van der Waals surface area contributed by atoms with Crippen LogP contribution in [0.4, 0.5) is 0 Å². The number of hydrogen-bond acceptors (Lipinski definition) is 6. The monoisotopic (exact) mass is 350 g/mol. The first-order valence-corrected chi connectivity index (χ1v) is 8.46. The van der Waals surface area contributed by atoms with Gasteiger partial charge in [-0.2, -0.15) is 5.26 Å². The van der Waals surface area contributed by atoms with E-state index in [4.69, 9.17) is 14.7 Å². The molecular formula is C19H18N4O3. The molecule has 0 radical (unpaired) electrons. The summed E-state index contributed by atoms with van der Waals surface area (Å²) in [4.78, 5) is 22.8. The summed E-state index contributed by atoms with van der Waals surface area (Å²) in [5.74, 6) is 0.700. The highest BCUT2D eigenvalue weighted by atomic mass is 16.5. The first-order chi connectivity index (χ1) is 12.7. The second kappa shape index (κ2) is 6.73.